The number of benzene rings is 8. The van der Waals surface area contributed by atoms with Crippen LogP contribution in [-0.2, 0) is 0 Å². The van der Waals surface area contributed by atoms with Crippen molar-refractivity contribution in [3.8, 4) is 39.4 Å². The Morgan fingerprint density at radius 2 is 0.929 bits per heavy atom. The Kier molecular flexibility index (Phi) is 5.59. The van der Waals surface area contributed by atoms with Crippen molar-refractivity contribution in [3.63, 3.8) is 0 Å². The van der Waals surface area contributed by atoms with Gasteiger partial charge in [0.2, 0.25) is 0 Å². The Hall–Kier alpha value is -5.71. The number of nitrogens with zero attached hydrogens (tertiary/aromatic N) is 1. The highest BCUT2D eigenvalue weighted by Gasteiger charge is 2.12. The first-order valence-electron chi connectivity index (χ1n) is 14.2. The molecular formula is C41H25N. The summed E-state index contributed by atoms with van der Waals surface area (Å²) in [4.78, 5) is 0. The molecule has 8 aromatic rings. The Labute approximate surface area is 244 Å². The highest BCUT2D eigenvalue weighted by Crippen LogP contribution is 2.39. The summed E-state index contributed by atoms with van der Waals surface area (Å²) in [6, 6.07) is 56.4. The van der Waals surface area contributed by atoms with E-state index in [-0.39, 0.29) is 0 Å². The molecule has 0 saturated heterocycles. The van der Waals surface area contributed by atoms with Crippen LogP contribution in [0.15, 0.2) is 152 Å². The maximum Gasteiger partial charge on any atom is 0.0991 e. The van der Waals surface area contributed by atoms with Crippen molar-refractivity contribution in [2.45, 2.75) is 0 Å². The van der Waals surface area contributed by atoms with Gasteiger partial charge < -0.3 is 0 Å². The highest BCUT2D eigenvalue weighted by atomic mass is 14.2. The molecule has 0 aliphatic rings. The number of nitriles is 1. The van der Waals surface area contributed by atoms with Crippen molar-refractivity contribution in [1.82, 2.24) is 0 Å². The SMILES string of the molecule is N#Cc1cccc(-c2cccc(-c3ccc4cc(-c5cc6ccc7ccccc7c6c6ccccc56)ccc4c3)c2)c1. The lowest BCUT2D eigenvalue weighted by molar-refractivity contribution is 1.48. The van der Waals surface area contributed by atoms with Crippen LogP contribution in [0.1, 0.15) is 5.56 Å². The van der Waals surface area contributed by atoms with Crippen molar-refractivity contribution in [1.29, 1.82) is 5.26 Å². The fraction of sp³-hybridized carbons (Fsp3) is 0. The number of fused-ring (bicyclic) bond motifs is 6. The van der Waals surface area contributed by atoms with Gasteiger partial charge in [-0.15, -0.1) is 0 Å². The van der Waals surface area contributed by atoms with Gasteiger partial charge in [-0.2, -0.15) is 5.26 Å². The molecule has 8 aromatic carbocycles. The minimum Gasteiger partial charge on any atom is -0.192 e. The van der Waals surface area contributed by atoms with E-state index in [2.05, 4.69) is 140 Å². The van der Waals surface area contributed by atoms with Gasteiger partial charge in [-0.25, -0.2) is 0 Å². The maximum absolute atomic E-state index is 9.32. The Morgan fingerprint density at radius 1 is 0.357 bits per heavy atom. The molecule has 0 atom stereocenters. The molecule has 0 spiro atoms. The highest BCUT2D eigenvalue weighted by molar-refractivity contribution is 6.23. The lowest BCUT2D eigenvalue weighted by Gasteiger charge is -2.14. The quantitative estimate of drug-likeness (QED) is 0.208. The molecule has 0 fully saturated rings. The van der Waals surface area contributed by atoms with E-state index in [1.165, 1.54) is 59.8 Å². The molecule has 0 bridgehead atoms. The minimum absolute atomic E-state index is 0.673. The van der Waals surface area contributed by atoms with Crippen LogP contribution in [0.4, 0.5) is 0 Å². The van der Waals surface area contributed by atoms with Crippen LogP contribution in [0.3, 0.4) is 0 Å². The summed E-state index contributed by atoms with van der Waals surface area (Å²) in [5, 5.41) is 19.5. The third-order valence-corrected chi connectivity index (χ3v) is 8.42. The fourth-order valence-corrected chi connectivity index (χ4v) is 6.36. The van der Waals surface area contributed by atoms with Crippen LogP contribution in [0.5, 0.6) is 0 Å². The van der Waals surface area contributed by atoms with E-state index in [9.17, 15) is 5.26 Å². The van der Waals surface area contributed by atoms with E-state index in [4.69, 9.17) is 0 Å². The van der Waals surface area contributed by atoms with Gasteiger partial charge in [-0.05, 0) is 113 Å². The molecule has 0 amide bonds. The number of rotatable bonds is 3. The van der Waals surface area contributed by atoms with E-state index in [1.54, 1.807) is 0 Å². The summed E-state index contributed by atoms with van der Waals surface area (Å²) in [5.41, 5.74) is 7.65. The zero-order chi connectivity index (χ0) is 28.0. The molecule has 1 nitrogen and oxygen atoms in total. The number of hydrogen-bond acceptors (Lipinski definition) is 1. The molecule has 0 heterocycles. The van der Waals surface area contributed by atoms with Gasteiger partial charge in [0.25, 0.3) is 0 Å². The monoisotopic (exact) mass is 531 g/mol. The summed E-state index contributed by atoms with van der Waals surface area (Å²) in [5.74, 6) is 0. The Morgan fingerprint density at radius 3 is 1.71 bits per heavy atom. The van der Waals surface area contributed by atoms with Gasteiger partial charge in [0.05, 0.1) is 11.6 Å². The molecule has 0 saturated carbocycles. The van der Waals surface area contributed by atoms with Gasteiger partial charge in [0, 0.05) is 0 Å². The lowest BCUT2D eigenvalue weighted by atomic mass is 9.90. The summed E-state index contributed by atoms with van der Waals surface area (Å²) in [6.45, 7) is 0. The largest absolute Gasteiger partial charge is 0.192 e. The molecule has 0 aliphatic heterocycles. The second kappa shape index (κ2) is 9.73. The normalized spacial score (nSPS) is 11.3. The third kappa shape index (κ3) is 4.01. The fourth-order valence-electron chi connectivity index (χ4n) is 6.36. The first kappa shape index (κ1) is 24.1. The molecule has 0 aliphatic carbocycles. The van der Waals surface area contributed by atoms with Crippen LogP contribution in [-0.4, -0.2) is 0 Å². The van der Waals surface area contributed by atoms with Crippen molar-refractivity contribution in [3.05, 3.63) is 157 Å². The molecular weight excluding hydrogens is 506 g/mol. The molecule has 0 N–H and O–H groups in total. The average molecular weight is 532 g/mol. The van der Waals surface area contributed by atoms with Gasteiger partial charge in [-0.1, -0.05) is 115 Å². The van der Waals surface area contributed by atoms with Gasteiger partial charge in [-0.3, -0.25) is 0 Å². The van der Waals surface area contributed by atoms with Crippen LogP contribution >= 0.6 is 0 Å². The molecule has 0 radical (unpaired) electrons. The summed E-state index contributed by atoms with van der Waals surface area (Å²) >= 11 is 0. The predicted molar refractivity (Wildman–Crippen MR) is 177 cm³/mol. The first-order chi connectivity index (χ1) is 20.7. The van der Waals surface area contributed by atoms with E-state index in [1.807, 2.05) is 18.2 Å². The Bertz CT molecular complexity index is 2370. The summed E-state index contributed by atoms with van der Waals surface area (Å²) < 4.78 is 0. The van der Waals surface area contributed by atoms with E-state index < -0.39 is 0 Å². The summed E-state index contributed by atoms with van der Waals surface area (Å²) in [7, 11) is 0. The molecule has 0 unspecified atom stereocenters. The second-order valence-corrected chi connectivity index (χ2v) is 10.9. The van der Waals surface area contributed by atoms with Gasteiger partial charge in [0.15, 0.2) is 0 Å². The molecule has 0 aromatic heterocycles. The standard InChI is InChI=1S/C41H25N/c42-26-27-7-5-9-29(21-27)30-10-6-11-31(22-30)32-16-17-34-24-35(19-18-33(34)23-32)40-25-36-20-15-28-8-1-2-12-37(28)41(36)39-14-4-3-13-38(39)40/h1-25H. The maximum atomic E-state index is 9.32. The topological polar surface area (TPSA) is 23.8 Å². The smallest absolute Gasteiger partial charge is 0.0991 e. The number of hydrogen-bond donors (Lipinski definition) is 0. The Balaban J connectivity index is 1.23. The van der Waals surface area contributed by atoms with Crippen LogP contribution in [0, 0.1) is 11.3 Å². The molecule has 42 heavy (non-hydrogen) atoms. The zero-order valence-corrected chi connectivity index (χ0v) is 22.9. The van der Waals surface area contributed by atoms with Crippen molar-refractivity contribution in [2.24, 2.45) is 0 Å². The predicted octanol–water partition coefficient (Wildman–Crippen LogP) is 11.2. The average Bonchev–Trinajstić information content (AvgIpc) is 3.07. The molecule has 194 valence electrons. The van der Waals surface area contributed by atoms with Crippen LogP contribution in [0.25, 0.3) is 76.5 Å². The van der Waals surface area contributed by atoms with Gasteiger partial charge >= 0.3 is 0 Å². The van der Waals surface area contributed by atoms with E-state index in [0.29, 0.717) is 5.56 Å². The van der Waals surface area contributed by atoms with E-state index >= 15 is 0 Å². The van der Waals surface area contributed by atoms with Crippen LogP contribution < -0.4 is 0 Å². The van der Waals surface area contributed by atoms with Gasteiger partial charge in [0.1, 0.15) is 0 Å². The van der Waals surface area contributed by atoms with E-state index in [0.717, 1.165) is 16.7 Å². The van der Waals surface area contributed by atoms with Crippen molar-refractivity contribution in [2.75, 3.05) is 0 Å². The summed E-state index contributed by atoms with van der Waals surface area (Å²) in [6.07, 6.45) is 0. The molecule has 1 heteroatoms. The molecule has 8 rings (SSSR count). The lowest BCUT2D eigenvalue weighted by Crippen LogP contribution is -1.87. The first-order valence-corrected chi connectivity index (χ1v) is 14.2. The van der Waals surface area contributed by atoms with Crippen LogP contribution in [0.2, 0.25) is 0 Å². The van der Waals surface area contributed by atoms with Crippen molar-refractivity contribution >= 4 is 43.1 Å². The minimum atomic E-state index is 0.673. The third-order valence-electron chi connectivity index (χ3n) is 8.42. The van der Waals surface area contributed by atoms with Crippen molar-refractivity contribution < 1.29 is 0 Å². The zero-order valence-electron chi connectivity index (χ0n) is 22.9. The second-order valence-electron chi connectivity index (χ2n) is 10.9.